The van der Waals surface area contributed by atoms with Gasteiger partial charge in [-0.05, 0) is 31.0 Å². The highest BCUT2D eigenvalue weighted by Crippen LogP contribution is 2.31. The van der Waals surface area contributed by atoms with Crippen LogP contribution in [0.1, 0.15) is 30.9 Å². The molecule has 17 heavy (non-hydrogen) atoms. The van der Waals surface area contributed by atoms with Crippen LogP contribution in [0.15, 0.2) is 22.7 Å². The Hall–Kier alpha value is -0.260. The second kappa shape index (κ2) is 6.07. The first kappa shape index (κ1) is 14.8. The van der Waals surface area contributed by atoms with Crippen LogP contribution in [0.4, 0.5) is 13.2 Å². The molecule has 1 aromatic rings. The lowest BCUT2D eigenvalue weighted by atomic mass is 10.0. The monoisotopic (exact) mass is 330 g/mol. The van der Waals surface area contributed by atoms with Crippen molar-refractivity contribution in [2.75, 3.05) is 0 Å². The van der Waals surface area contributed by atoms with Crippen LogP contribution in [0.5, 0.6) is 0 Å². The van der Waals surface area contributed by atoms with Crippen LogP contribution in [0.2, 0.25) is 5.02 Å². The van der Waals surface area contributed by atoms with Gasteiger partial charge in [0.05, 0.1) is 6.10 Å². The molecule has 0 amide bonds. The highest BCUT2D eigenvalue weighted by molar-refractivity contribution is 9.10. The summed E-state index contributed by atoms with van der Waals surface area (Å²) >= 11 is 9.07. The predicted molar refractivity (Wildman–Crippen MR) is 64.0 cm³/mol. The SMILES string of the molecule is OC(CCCC(F)(F)F)c1cc(Br)ccc1Cl. The molecule has 0 aliphatic carbocycles. The number of rotatable bonds is 4. The molecule has 96 valence electrons. The van der Waals surface area contributed by atoms with Gasteiger partial charge in [-0.1, -0.05) is 27.5 Å². The lowest BCUT2D eigenvalue weighted by Gasteiger charge is -2.13. The molecule has 0 aromatic heterocycles. The first-order valence-electron chi connectivity index (χ1n) is 4.99. The molecule has 0 aliphatic heterocycles. The van der Waals surface area contributed by atoms with E-state index in [0.717, 1.165) is 4.47 Å². The van der Waals surface area contributed by atoms with E-state index in [1.807, 2.05) is 0 Å². The topological polar surface area (TPSA) is 20.2 Å². The van der Waals surface area contributed by atoms with E-state index in [1.54, 1.807) is 18.2 Å². The molecule has 1 N–H and O–H groups in total. The smallest absolute Gasteiger partial charge is 0.388 e. The van der Waals surface area contributed by atoms with E-state index in [4.69, 9.17) is 11.6 Å². The quantitative estimate of drug-likeness (QED) is 0.834. The zero-order valence-corrected chi connectivity index (χ0v) is 11.1. The number of aliphatic hydroxyl groups is 1. The van der Waals surface area contributed by atoms with Crippen LogP contribution >= 0.6 is 27.5 Å². The van der Waals surface area contributed by atoms with Crippen LogP contribution < -0.4 is 0 Å². The van der Waals surface area contributed by atoms with Gasteiger partial charge in [-0.3, -0.25) is 0 Å². The molecule has 1 atom stereocenters. The summed E-state index contributed by atoms with van der Waals surface area (Å²) in [6.45, 7) is 0. The van der Waals surface area contributed by atoms with Gasteiger partial charge in [-0.2, -0.15) is 13.2 Å². The van der Waals surface area contributed by atoms with Gasteiger partial charge in [0.1, 0.15) is 0 Å². The van der Waals surface area contributed by atoms with Gasteiger partial charge >= 0.3 is 6.18 Å². The second-order valence-electron chi connectivity index (χ2n) is 3.69. The molecule has 0 heterocycles. The number of alkyl halides is 3. The van der Waals surface area contributed by atoms with Crippen molar-refractivity contribution in [3.63, 3.8) is 0 Å². The number of aliphatic hydroxyl groups excluding tert-OH is 1. The minimum atomic E-state index is -4.18. The normalized spacial score (nSPS) is 13.8. The standard InChI is InChI=1S/C11H11BrClF3O/c12-7-3-4-9(13)8(6-7)10(17)2-1-5-11(14,15)16/h3-4,6,10,17H,1-2,5H2. The maximum absolute atomic E-state index is 11.9. The summed E-state index contributed by atoms with van der Waals surface area (Å²) in [7, 11) is 0. The molecule has 1 aromatic carbocycles. The third kappa shape index (κ3) is 5.27. The fourth-order valence-electron chi connectivity index (χ4n) is 1.42. The van der Waals surface area contributed by atoms with Gasteiger partial charge in [-0.15, -0.1) is 0 Å². The van der Waals surface area contributed by atoms with Gasteiger partial charge in [0, 0.05) is 21.5 Å². The summed E-state index contributed by atoms with van der Waals surface area (Å²) in [6.07, 6.45) is -6.12. The number of halogens is 5. The van der Waals surface area contributed by atoms with Gasteiger partial charge < -0.3 is 5.11 Å². The summed E-state index contributed by atoms with van der Waals surface area (Å²) in [4.78, 5) is 0. The zero-order chi connectivity index (χ0) is 13.1. The molecule has 0 spiro atoms. The Morgan fingerprint density at radius 3 is 2.59 bits per heavy atom. The van der Waals surface area contributed by atoms with Crippen molar-refractivity contribution in [3.8, 4) is 0 Å². The summed E-state index contributed by atoms with van der Waals surface area (Å²) in [5, 5.41) is 10.1. The van der Waals surface area contributed by atoms with Crippen molar-refractivity contribution in [1.29, 1.82) is 0 Å². The Morgan fingerprint density at radius 2 is 2.00 bits per heavy atom. The first-order valence-corrected chi connectivity index (χ1v) is 6.16. The average molecular weight is 332 g/mol. The van der Waals surface area contributed by atoms with E-state index >= 15 is 0 Å². The van der Waals surface area contributed by atoms with Crippen LogP contribution in [-0.4, -0.2) is 11.3 Å². The third-order valence-corrected chi connectivity index (χ3v) is 3.09. The zero-order valence-electron chi connectivity index (χ0n) is 8.77. The number of hydrogen-bond donors (Lipinski definition) is 1. The maximum Gasteiger partial charge on any atom is 0.389 e. The highest BCUT2D eigenvalue weighted by atomic mass is 79.9. The van der Waals surface area contributed by atoms with E-state index in [0.29, 0.717) is 10.6 Å². The Bertz CT molecular complexity index is 381. The highest BCUT2D eigenvalue weighted by Gasteiger charge is 2.26. The summed E-state index contributed by atoms with van der Waals surface area (Å²) in [5.41, 5.74) is 0.447. The van der Waals surface area contributed by atoms with Gasteiger partial charge in [0.25, 0.3) is 0 Å². The molecule has 1 unspecified atom stereocenters. The van der Waals surface area contributed by atoms with E-state index in [1.165, 1.54) is 0 Å². The Kier molecular flexibility index (Phi) is 5.28. The van der Waals surface area contributed by atoms with Crippen molar-refractivity contribution < 1.29 is 18.3 Å². The van der Waals surface area contributed by atoms with Crippen molar-refractivity contribution in [2.24, 2.45) is 0 Å². The number of hydrogen-bond acceptors (Lipinski definition) is 1. The second-order valence-corrected chi connectivity index (χ2v) is 5.01. The molecule has 0 saturated carbocycles. The molecule has 0 radical (unpaired) electrons. The Balaban J connectivity index is 2.58. The van der Waals surface area contributed by atoms with Crippen molar-refractivity contribution in [2.45, 2.75) is 31.5 Å². The van der Waals surface area contributed by atoms with Gasteiger partial charge in [-0.25, -0.2) is 0 Å². The van der Waals surface area contributed by atoms with Crippen molar-refractivity contribution in [3.05, 3.63) is 33.3 Å². The van der Waals surface area contributed by atoms with Crippen LogP contribution in [0.25, 0.3) is 0 Å². The van der Waals surface area contributed by atoms with Gasteiger partial charge in [0.15, 0.2) is 0 Å². The minimum Gasteiger partial charge on any atom is -0.388 e. The van der Waals surface area contributed by atoms with Crippen LogP contribution in [0, 0.1) is 0 Å². The van der Waals surface area contributed by atoms with Crippen LogP contribution in [0.3, 0.4) is 0 Å². The average Bonchev–Trinajstić information content (AvgIpc) is 2.19. The molecule has 1 nitrogen and oxygen atoms in total. The molecule has 1 rings (SSSR count). The van der Waals surface area contributed by atoms with E-state index in [-0.39, 0.29) is 12.8 Å². The fourth-order valence-corrected chi connectivity index (χ4v) is 2.04. The Morgan fingerprint density at radius 1 is 1.35 bits per heavy atom. The minimum absolute atomic E-state index is 0.0374. The van der Waals surface area contributed by atoms with E-state index in [2.05, 4.69) is 15.9 Å². The van der Waals surface area contributed by atoms with Crippen molar-refractivity contribution in [1.82, 2.24) is 0 Å². The molecule has 0 aliphatic rings. The van der Waals surface area contributed by atoms with E-state index in [9.17, 15) is 18.3 Å². The molecular formula is C11H11BrClF3O. The van der Waals surface area contributed by atoms with E-state index < -0.39 is 18.7 Å². The third-order valence-electron chi connectivity index (χ3n) is 2.25. The molecule has 0 saturated heterocycles. The number of benzene rings is 1. The largest absolute Gasteiger partial charge is 0.389 e. The predicted octanol–water partition coefficient (Wildman–Crippen LogP) is 4.87. The molecule has 0 fully saturated rings. The first-order chi connectivity index (χ1) is 7.79. The van der Waals surface area contributed by atoms with Crippen molar-refractivity contribution >= 4 is 27.5 Å². The molecule has 0 bridgehead atoms. The fraction of sp³-hybridized carbons (Fsp3) is 0.455. The summed E-state index contributed by atoms with van der Waals surface area (Å²) in [5.74, 6) is 0. The summed E-state index contributed by atoms with van der Waals surface area (Å²) in [6, 6.07) is 4.91. The molecular weight excluding hydrogens is 320 g/mol. The lowest BCUT2D eigenvalue weighted by molar-refractivity contribution is -0.136. The molecule has 6 heteroatoms. The maximum atomic E-state index is 11.9. The van der Waals surface area contributed by atoms with Crippen LogP contribution in [-0.2, 0) is 0 Å². The Labute approximate surface area is 111 Å². The lowest BCUT2D eigenvalue weighted by Crippen LogP contribution is -2.08. The summed E-state index contributed by atoms with van der Waals surface area (Å²) < 4.78 is 36.5. The van der Waals surface area contributed by atoms with Gasteiger partial charge in [0.2, 0.25) is 0 Å².